The van der Waals surface area contributed by atoms with E-state index in [1.54, 1.807) is 6.08 Å². The Morgan fingerprint density at radius 1 is 1.35 bits per heavy atom. The minimum Gasteiger partial charge on any atom is -0.406 e. The van der Waals surface area contributed by atoms with Crippen LogP contribution in [0.5, 0.6) is 5.88 Å². The van der Waals surface area contributed by atoms with Crippen LogP contribution >= 0.6 is 0 Å². The highest BCUT2D eigenvalue weighted by Crippen LogP contribution is 2.23. The molecule has 0 saturated carbocycles. The van der Waals surface area contributed by atoms with Crippen molar-refractivity contribution < 1.29 is 9.53 Å². The Balaban J connectivity index is 2.39. The van der Waals surface area contributed by atoms with Crippen LogP contribution in [0.1, 0.15) is 36.8 Å². The molecule has 1 heterocycles. The van der Waals surface area contributed by atoms with Crippen LogP contribution in [0.4, 0.5) is 0 Å². The van der Waals surface area contributed by atoms with Gasteiger partial charge in [0, 0.05) is 13.3 Å². The summed E-state index contributed by atoms with van der Waals surface area (Å²) in [6.45, 7) is 5.05. The lowest BCUT2D eigenvalue weighted by molar-refractivity contribution is -0.132. The van der Waals surface area contributed by atoms with Crippen LogP contribution in [-0.2, 0) is 24.1 Å². The Morgan fingerprint density at radius 2 is 2.00 bits per heavy atom. The standard InChI is InChI=1S/C13H16N2O2/c1-3-6-12-13(17-9(2)16)15-11-8-5-4-7-10(11)14-12/h3H,1,4-8H2,2H3. The minimum atomic E-state index is -0.361. The van der Waals surface area contributed by atoms with Gasteiger partial charge in [0.25, 0.3) is 0 Å². The van der Waals surface area contributed by atoms with Gasteiger partial charge in [0.15, 0.2) is 0 Å². The van der Waals surface area contributed by atoms with Crippen LogP contribution in [-0.4, -0.2) is 15.9 Å². The summed E-state index contributed by atoms with van der Waals surface area (Å²) in [4.78, 5) is 20.0. The van der Waals surface area contributed by atoms with E-state index in [0.29, 0.717) is 18.0 Å². The van der Waals surface area contributed by atoms with Gasteiger partial charge in [-0.25, -0.2) is 9.97 Å². The van der Waals surface area contributed by atoms with E-state index in [1.807, 2.05) is 0 Å². The second-order valence-electron chi connectivity index (χ2n) is 4.16. The van der Waals surface area contributed by atoms with Gasteiger partial charge in [0.2, 0.25) is 5.88 Å². The van der Waals surface area contributed by atoms with Crippen molar-refractivity contribution in [2.24, 2.45) is 0 Å². The largest absolute Gasteiger partial charge is 0.406 e. The van der Waals surface area contributed by atoms with Gasteiger partial charge < -0.3 is 4.74 Å². The molecule has 0 aliphatic heterocycles. The minimum absolute atomic E-state index is 0.345. The molecule has 2 rings (SSSR count). The normalized spacial score (nSPS) is 13.9. The van der Waals surface area contributed by atoms with Gasteiger partial charge in [-0.15, -0.1) is 6.58 Å². The van der Waals surface area contributed by atoms with Gasteiger partial charge >= 0.3 is 5.97 Å². The quantitative estimate of drug-likeness (QED) is 0.591. The number of ether oxygens (including phenoxy) is 1. The average molecular weight is 232 g/mol. The predicted molar refractivity (Wildman–Crippen MR) is 63.9 cm³/mol. The Kier molecular flexibility index (Phi) is 3.52. The topological polar surface area (TPSA) is 52.1 Å². The zero-order chi connectivity index (χ0) is 12.3. The van der Waals surface area contributed by atoms with Crippen molar-refractivity contribution in [1.29, 1.82) is 0 Å². The number of allylic oxidation sites excluding steroid dienone is 1. The summed E-state index contributed by atoms with van der Waals surface area (Å²) < 4.78 is 5.10. The lowest BCUT2D eigenvalue weighted by atomic mass is 10.0. The number of fused-ring (bicyclic) bond motifs is 1. The first-order chi connectivity index (χ1) is 8.20. The van der Waals surface area contributed by atoms with E-state index in [2.05, 4.69) is 16.5 Å². The number of carbonyl (C=O) groups excluding carboxylic acids is 1. The summed E-state index contributed by atoms with van der Waals surface area (Å²) in [7, 11) is 0. The van der Waals surface area contributed by atoms with Crippen LogP contribution in [0.25, 0.3) is 0 Å². The summed E-state index contributed by atoms with van der Waals surface area (Å²) in [5.74, 6) is -0.0154. The molecule has 1 aliphatic carbocycles. The van der Waals surface area contributed by atoms with Crippen LogP contribution in [0.15, 0.2) is 12.7 Å². The van der Waals surface area contributed by atoms with Crippen molar-refractivity contribution in [3.63, 3.8) is 0 Å². The fraction of sp³-hybridized carbons (Fsp3) is 0.462. The molecule has 4 nitrogen and oxygen atoms in total. The number of esters is 1. The Morgan fingerprint density at radius 3 is 2.59 bits per heavy atom. The van der Waals surface area contributed by atoms with E-state index < -0.39 is 0 Å². The Labute approximate surface area is 101 Å². The van der Waals surface area contributed by atoms with Gasteiger partial charge in [-0.05, 0) is 25.7 Å². The summed E-state index contributed by atoms with van der Waals surface area (Å²) in [5.41, 5.74) is 2.72. The molecule has 1 aromatic heterocycles. The fourth-order valence-electron chi connectivity index (χ4n) is 2.00. The zero-order valence-electron chi connectivity index (χ0n) is 10.0. The number of carbonyl (C=O) groups is 1. The molecule has 0 amide bonds. The molecule has 1 aliphatic rings. The molecule has 0 fully saturated rings. The number of hydrogen-bond donors (Lipinski definition) is 0. The van der Waals surface area contributed by atoms with E-state index >= 15 is 0 Å². The van der Waals surface area contributed by atoms with E-state index in [1.165, 1.54) is 6.92 Å². The monoisotopic (exact) mass is 232 g/mol. The molecule has 1 aromatic rings. The van der Waals surface area contributed by atoms with Gasteiger partial charge in [0.05, 0.1) is 11.4 Å². The second-order valence-corrected chi connectivity index (χ2v) is 4.16. The van der Waals surface area contributed by atoms with E-state index in [9.17, 15) is 4.79 Å². The third-order valence-corrected chi connectivity index (χ3v) is 2.74. The first kappa shape index (κ1) is 11.8. The Bertz CT molecular complexity index is 455. The molecule has 0 spiro atoms. The third kappa shape index (κ3) is 2.70. The molecule has 0 N–H and O–H groups in total. The highest BCUT2D eigenvalue weighted by atomic mass is 16.5. The number of rotatable bonds is 3. The molecule has 0 atom stereocenters. The van der Waals surface area contributed by atoms with Crippen molar-refractivity contribution in [1.82, 2.24) is 9.97 Å². The maximum Gasteiger partial charge on any atom is 0.309 e. The molecule has 0 aromatic carbocycles. The fourth-order valence-corrected chi connectivity index (χ4v) is 2.00. The van der Waals surface area contributed by atoms with Crippen molar-refractivity contribution in [3.8, 4) is 5.88 Å². The lowest BCUT2D eigenvalue weighted by Gasteiger charge is -2.16. The number of aryl methyl sites for hydroxylation is 2. The smallest absolute Gasteiger partial charge is 0.309 e. The van der Waals surface area contributed by atoms with Crippen molar-refractivity contribution in [3.05, 3.63) is 29.7 Å². The van der Waals surface area contributed by atoms with Crippen LogP contribution < -0.4 is 4.74 Å². The molecule has 0 saturated heterocycles. The average Bonchev–Trinajstić information content (AvgIpc) is 2.29. The van der Waals surface area contributed by atoms with Crippen LogP contribution in [0.3, 0.4) is 0 Å². The summed E-state index contributed by atoms with van der Waals surface area (Å²) in [6, 6.07) is 0. The Hall–Kier alpha value is -1.71. The second kappa shape index (κ2) is 5.08. The van der Waals surface area contributed by atoms with Gasteiger partial charge in [-0.3, -0.25) is 4.79 Å². The predicted octanol–water partition coefficient (Wildman–Crippen LogP) is 2.01. The van der Waals surface area contributed by atoms with Crippen molar-refractivity contribution in [2.75, 3.05) is 0 Å². The van der Waals surface area contributed by atoms with Crippen LogP contribution in [0, 0.1) is 0 Å². The molecule has 0 bridgehead atoms. The van der Waals surface area contributed by atoms with Crippen molar-refractivity contribution >= 4 is 5.97 Å². The van der Waals surface area contributed by atoms with E-state index in [4.69, 9.17) is 4.74 Å². The SMILES string of the molecule is C=CCc1nc2c(nc1OC(C)=O)CCCC2. The highest BCUT2D eigenvalue weighted by molar-refractivity contribution is 5.69. The maximum atomic E-state index is 11.0. The van der Waals surface area contributed by atoms with Gasteiger partial charge in [-0.2, -0.15) is 0 Å². The summed E-state index contributed by atoms with van der Waals surface area (Å²) in [5, 5.41) is 0. The number of aromatic nitrogens is 2. The highest BCUT2D eigenvalue weighted by Gasteiger charge is 2.17. The molecule has 4 heteroatoms. The zero-order valence-corrected chi connectivity index (χ0v) is 10.0. The molecule has 0 unspecified atom stereocenters. The van der Waals surface area contributed by atoms with Gasteiger partial charge in [0.1, 0.15) is 5.69 Å². The first-order valence-corrected chi connectivity index (χ1v) is 5.88. The number of hydrogen-bond acceptors (Lipinski definition) is 4. The lowest BCUT2D eigenvalue weighted by Crippen LogP contribution is -2.14. The summed E-state index contributed by atoms with van der Waals surface area (Å²) >= 11 is 0. The maximum absolute atomic E-state index is 11.0. The molecule has 0 radical (unpaired) electrons. The third-order valence-electron chi connectivity index (χ3n) is 2.74. The van der Waals surface area contributed by atoms with Crippen LogP contribution in [0.2, 0.25) is 0 Å². The number of nitrogens with zero attached hydrogens (tertiary/aromatic N) is 2. The molecular formula is C13H16N2O2. The van der Waals surface area contributed by atoms with Gasteiger partial charge in [-0.1, -0.05) is 6.08 Å². The molecular weight excluding hydrogens is 216 g/mol. The first-order valence-electron chi connectivity index (χ1n) is 5.88. The van der Waals surface area contributed by atoms with Crippen molar-refractivity contribution in [2.45, 2.75) is 39.0 Å². The van der Waals surface area contributed by atoms with E-state index in [0.717, 1.165) is 37.1 Å². The van der Waals surface area contributed by atoms with E-state index in [-0.39, 0.29) is 5.97 Å². The summed E-state index contributed by atoms with van der Waals surface area (Å²) in [6.07, 6.45) is 6.48. The molecule has 17 heavy (non-hydrogen) atoms. The molecule has 90 valence electrons.